The first kappa shape index (κ1) is 16.2. The van der Waals surface area contributed by atoms with Gasteiger partial charge in [0.25, 0.3) is 0 Å². The minimum Gasteiger partial charge on any atom is -0.325 e. The number of nitriles is 1. The van der Waals surface area contributed by atoms with Gasteiger partial charge in [-0.05, 0) is 43.8 Å². The highest BCUT2D eigenvalue weighted by molar-refractivity contribution is 5.95. The Hall–Kier alpha value is -2.71. The SMILES string of the molecule is CN1CC[C@@H](c2ccccc2)[C@H]1C(=O)Nc1ccc(C#N)c(F)c1. The molecule has 0 aliphatic carbocycles. The molecular weight excluding hydrogens is 305 g/mol. The van der Waals surface area contributed by atoms with Crippen molar-refractivity contribution in [3.63, 3.8) is 0 Å². The van der Waals surface area contributed by atoms with Crippen LogP contribution < -0.4 is 5.32 Å². The fourth-order valence-electron chi connectivity index (χ4n) is 3.28. The highest BCUT2D eigenvalue weighted by Gasteiger charge is 2.38. The Morgan fingerprint density at radius 2 is 2.04 bits per heavy atom. The number of hydrogen-bond acceptors (Lipinski definition) is 3. The van der Waals surface area contributed by atoms with E-state index in [0.29, 0.717) is 5.69 Å². The molecule has 1 fully saturated rings. The van der Waals surface area contributed by atoms with Crippen molar-refractivity contribution in [3.05, 3.63) is 65.5 Å². The third-order valence-corrected chi connectivity index (χ3v) is 4.50. The summed E-state index contributed by atoms with van der Waals surface area (Å²) >= 11 is 0. The summed E-state index contributed by atoms with van der Waals surface area (Å²) in [6.07, 6.45) is 0.903. The fraction of sp³-hybridized carbons (Fsp3) is 0.263. The van der Waals surface area contributed by atoms with Crippen LogP contribution in [0.1, 0.15) is 23.5 Å². The molecule has 1 aliphatic rings. The maximum atomic E-state index is 13.7. The Labute approximate surface area is 140 Å². The molecule has 0 saturated carbocycles. The van der Waals surface area contributed by atoms with Crippen LogP contribution in [0.4, 0.5) is 10.1 Å². The van der Waals surface area contributed by atoms with Gasteiger partial charge in [0.1, 0.15) is 11.9 Å². The molecule has 1 amide bonds. The van der Waals surface area contributed by atoms with Crippen LogP contribution in [0.25, 0.3) is 0 Å². The second kappa shape index (κ2) is 6.81. The van der Waals surface area contributed by atoms with E-state index in [9.17, 15) is 9.18 Å². The number of hydrogen-bond donors (Lipinski definition) is 1. The van der Waals surface area contributed by atoms with Gasteiger partial charge in [0, 0.05) is 11.6 Å². The molecule has 2 aromatic rings. The summed E-state index contributed by atoms with van der Waals surface area (Å²) in [5, 5.41) is 11.6. The Bertz CT molecular complexity index is 785. The molecule has 3 rings (SSSR count). The average molecular weight is 323 g/mol. The minimum absolute atomic E-state index is 0.0341. The number of anilines is 1. The predicted molar refractivity (Wildman–Crippen MR) is 90.0 cm³/mol. The summed E-state index contributed by atoms with van der Waals surface area (Å²) in [5.41, 5.74) is 1.46. The number of benzene rings is 2. The van der Waals surface area contributed by atoms with Gasteiger partial charge in [-0.2, -0.15) is 5.26 Å². The van der Waals surface area contributed by atoms with E-state index in [1.54, 1.807) is 12.1 Å². The van der Waals surface area contributed by atoms with Gasteiger partial charge >= 0.3 is 0 Å². The molecule has 0 radical (unpaired) electrons. The monoisotopic (exact) mass is 323 g/mol. The van der Waals surface area contributed by atoms with Crippen LogP contribution in [0.3, 0.4) is 0 Å². The third kappa shape index (κ3) is 3.15. The van der Waals surface area contributed by atoms with Crippen molar-refractivity contribution >= 4 is 11.6 Å². The van der Waals surface area contributed by atoms with Crippen LogP contribution in [-0.2, 0) is 4.79 Å². The number of carbonyl (C=O) groups excluding carboxylic acids is 1. The largest absolute Gasteiger partial charge is 0.325 e. The molecule has 0 unspecified atom stereocenters. The second-order valence-corrected chi connectivity index (χ2v) is 6.03. The smallest absolute Gasteiger partial charge is 0.242 e. The number of nitrogens with one attached hydrogen (secondary N) is 1. The van der Waals surface area contributed by atoms with Crippen LogP contribution in [-0.4, -0.2) is 30.4 Å². The number of likely N-dealkylation sites (tertiary alicyclic amines) is 1. The van der Waals surface area contributed by atoms with Gasteiger partial charge in [-0.3, -0.25) is 9.69 Å². The molecule has 24 heavy (non-hydrogen) atoms. The predicted octanol–water partition coefficient (Wildman–Crippen LogP) is 3.12. The molecule has 1 aliphatic heterocycles. The van der Waals surface area contributed by atoms with E-state index < -0.39 is 5.82 Å². The van der Waals surface area contributed by atoms with E-state index >= 15 is 0 Å². The lowest BCUT2D eigenvalue weighted by Gasteiger charge is -2.24. The molecule has 1 N–H and O–H groups in total. The maximum absolute atomic E-state index is 13.7. The van der Waals surface area contributed by atoms with Crippen molar-refractivity contribution in [2.45, 2.75) is 18.4 Å². The summed E-state index contributed by atoms with van der Waals surface area (Å²) < 4.78 is 13.7. The molecule has 5 heteroatoms. The van der Waals surface area contributed by atoms with E-state index in [-0.39, 0.29) is 23.4 Å². The minimum atomic E-state index is -0.630. The molecule has 1 heterocycles. The zero-order valence-electron chi connectivity index (χ0n) is 13.4. The lowest BCUT2D eigenvalue weighted by molar-refractivity contribution is -0.120. The van der Waals surface area contributed by atoms with Crippen LogP contribution in [0.2, 0.25) is 0 Å². The number of likely N-dealkylation sites (N-methyl/N-ethyl adjacent to an activating group) is 1. The highest BCUT2D eigenvalue weighted by Crippen LogP contribution is 2.33. The molecule has 2 atom stereocenters. The van der Waals surface area contributed by atoms with Gasteiger partial charge in [0.05, 0.1) is 11.6 Å². The number of amides is 1. The number of nitrogens with zero attached hydrogens (tertiary/aromatic N) is 2. The molecular formula is C19H18FN3O. The van der Waals surface area contributed by atoms with Gasteiger partial charge < -0.3 is 5.32 Å². The highest BCUT2D eigenvalue weighted by atomic mass is 19.1. The van der Waals surface area contributed by atoms with Gasteiger partial charge in [0.15, 0.2) is 0 Å². The molecule has 122 valence electrons. The Balaban J connectivity index is 1.80. The lowest BCUT2D eigenvalue weighted by Crippen LogP contribution is -2.40. The van der Waals surface area contributed by atoms with Crippen LogP contribution in [0, 0.1) is 17.1 Å². The Morgan fingerprint density at radius 1 is 1.29 bits per heavy atom. The van der Waals surface area contributed by atoms with E-state index in [0.717, 1.165) is 18.5 Å². The van der Waals surface area contributed by atoms with Gasteiger partial charge in [-0.1, -0.05) is 30.3 Å². The Kier molecular flexibility index (Phi) is 4.59. The van der Waals surface area contributed by atoms with Gasteiger partial charge in [-0.15, -0.1) is 0 Å². The summed E-state index contributed by atoms with van der Waals surface area (Å²) in [6, 6.07) is 15.5. The van der Waals surface area contributed by atoms with Gasteiger partial charge in [0.2, 0.25) is 5.91 Å². The van der Waals surface area contributed by atoms with Crippen molar-refractivity contribution in [2.24, 2.45) is 0 Å². The van der Waals surface area contributed by atoms with Crippen molar-refractivity contribution in [1.29, 1.82) is 5.26 Å². The summed E-state index contributed by atoms with van der Waals surface area (Å²) in [6.45, 7) is 0.833. The quantitative estimate of drug-likeness (QED) is 0.944. The van der Waals surface area contributed by atoms with E-state index in [2.05, 4.69) is 5.32 Å². The number of carbonyl (C=O) groups is 1. The van der Waals surface area contributed by atoms with Crippen molar-refractivity contribution in [2.75, 3.05) is 18.9 Å². The first-order valence-electron chi connectivity index (χ1n) is 7.86. The topological polar surface area (TPSA) is 56.1 Å². The fourth-order valence-corrected chi connectivity index (χ4v) is 3.28. The molecule has 4 nitrogen and oxygen atoms in total. The van der Waals surface area contributed by atoms with Crippen LogP contribution in [0.15, 0.2) is 48.5 Å². The summed E-state index contributed by atoms with van der Waals surface area (Å²) in [4.78, 5) is 14.8. The molecule has 0 spiro atoms. The zero-order chi connectivity index (χ0) is 17.1. The first-order valence-corrected chi connectivity index (χ1v) is 7.86. The van der Waals surface area contributed by atoms with Gasteiger partial charge in [-0.25, -0.2) is 4.39 Å². The van der Waals surface area contributed by atoms with Crippen molar-refractivity contribution in [3.8, 4) is 6.07 Å². The second-order valence-electron chi connectivity index (χ2n) is 6.03. The van der Waals surface area contributed by atoms with E-state index in [1.165, 1.54) is 12.1 Å². The Morgan fingerprint density at radius 3 is 2.71 bits per heavy atom. The molecule has 0 bridgehead atoms. The number of rotatable bonds is 3. The zero-order valence-corrected chi connectivity index (χ0v) is 13.4. The van der Waals surface area contributed by atoms with Crippen molar-refractivity contribution in [1.82, 2.24) is 4.90 Å². The van der Waals surface area contributed by atoms with Crippen LogP contribution >= 0.6 is 0 Å². The standard InChI is InChI=1S/C19H18FN3O/c1-23-10-9-16(13-5-3-2-4-6-13)18(23)19(24)22-15-8-7-14(12-21)17(20)11-15/h2-8,11,16,18H,9-10H2,1H3,(H,22,24)/t16-,18-/m0/s1. The molecule has 0 aromatic heterocycles. The molecule has 1 saturated heterocycles. The lowest BCUT2D eigenvalue weighted by atomic mass is 9.91. The molecule has 2 aromatic carbocycles. The average Bonchev–Trinajstić information content (AvgIpc) is 2.97. The third-order valence-electron chi connectivity index (χ3n) is 4.50. The first-order chi connectivity index (χ1) is 11.6. The maximum Gasteiger partial charge on any atom is 0.242 e. The van der Waals surface area contributed by atoms with Crippen molar-refractivity contribution < 1.29 is 9.18 Å². The van der Waals surface area contributed by atoms with Crippen LogP contribution in [0.5, 0.6) is 0 Å². The van der Waals surface area contributed by atoms with E-state index in [1.807, 2.05) is 42.3 Å². The normalized spacial score (nSPS) is 20.5. The summed E-state index contributed by atoms with van der Waals surface area (Å²) in [7, 11) is 1.92. The van der Waals surface area contributed by atoms with E-state index in [4.69, 9.17) is 5.26 Å². The number of halogens is 1. The summed E-state index contributed by atoms with van der Waals surface area (Å²) in [5.74, 6) is -0.679.